The van der Waals surface area contributed by atoms with Crippen LogP contribution in [0.1, 0.15) is 33.6 Å². The van der Waals surface area contributed by atoms with E-state index in [4.69, 9.17) is 4.74 Å². The minimum absolute atomic E-state index is 0.302. The van der Waals surface area contributed by atoms with Crippen molar-refractivity contribution in [1.82, 2.24) is 5.32 Å². The van der Waals surface area contributed by atoms with Gasteiger partial charge < -0.3 is 15.2 Å². The summed E-state index contributed by atoms with van der Waals surface area (Å²) >= 11 is 3.14. The van der Waals surface area contributed by atoms with E-state index in [1.165, 1.54) is 32.0 Å². The van der Waals surface area contributed by atoms with Crippen LogP contribution in [-0.2, 0) is 9.59 Å². The molecule has 2 atom stereocenters. The largest absolute Gasteiger partial charge is 0.480 e. The number of benzene rings is 1. The zero-order valence-corrected chi connectivity index (χ0v) is 14.2. The summed E-state index contributed by atoms with van der Waals surface area (Å²) in [6.07, 6.45) is 0.000335. The van der Waals surface area contributed by atoms with Crippen molar-refractivity contribution in [3.05, 3.63) is 28.5 Å². The third-order valence-electron chi connectivity index (χ3n) is 3.19. The molecule has 0 saturated carbocycles. The van der Waals surface area contributed by atoms with Crippen LogP contribution in [0.25, 0.3) is 0 Å². The van der Waals surface area contributed by atoms with Gasteiger partial charge in [-0.2, -0.15) is 0 Å². The predicted molar refractivity (Wildman–Crippen MR) is 83.3 cm³/mol. The number of carboxylic acids is 1. The van der Waals surface area contributed by atoms with E-state index in [2.05, 4.69) is 21.2 Å². The van der Waals surface area contributed by atoms with Crippen LogP contribution in [0.5, 0.6) is 5.75 Å². The van der Waals surface area contributed by atoms with Crippen LogP contribution in [0.2, 0.25) is 0 Å². The van der Waals surface area contributed by atoms with Gasteiger partial charge in [0.2, 0.25) is 0 Å². The van der Waals surface area contributed by atoms with E-state index in [0.29, 0.717) is 23.1 Å². The molecule has 1 aromatic carbocycles. The lowest BCUT2D eigenvalue weighted by Gasteiger charge is -2.27. The summed E-state index contributed by atoms with van der Waals surface area (Å²) in [6.45, 7) is 4.79. The zero-order valence-electron chi connectivity index (χ0n) is 12.7. The maximum atomic E-state index is 13.0. The number of ether oxygens (including phenoxy) is 1. The minimum Gasteiger partial charge on any atom is -0.480 e. The van der Waals surface area contributed by atoms with Gasteiger partial charge in [0.1, 0.15) is 17.1 Å². The Kier molecular flexibility index (Phi) is 6.34. The number of carbonyl (C=O) groups is 2. The van der Waals surface area contributed by atoms with Crippen molar-refractivity contribution in [3.8, 4) is 5.75 Å². The highest BCUT2D eigenvalue weighted by Gasteiger charge is 2.35. The average molecular weight is 376 g/mol. The van der Waals surface area contributed by atoms with Gasteiger partial charge in [-0.25, -0.2) is 9.18 Å². The lowest BCUT2D eigenvalue weighted by atomic mass is 9.96. The number of aliphatic carboxylic acids is 1. The molecule has 0 saturated heterocycles. The Balaban J connectivity index is 2.78. The second kappa shape index (κ2) is 7.58. The summed E-state index contributed by atoms with van der Waals surface area (Å²) < 4.78 is 18.8. The molecule has 0 spiro atoms. The van der Waals surface area contributed by atoms with Crippen LogP contribution in [0, 0.1) is 5.82 Å². The molecule has 2 unspecified atom stereocenters. The Labute approximate surface area is 137 Å². The van der Waals surface area contributed by atoms with Gasteiger partial charge in [-0.1, -0.05) is 13.3 Å². The fourth-order valence-corrected chi connectivity index (χ4v) is 2.36. The highest BCUT2D eigenvalue weighted by atomic mass is 79.9. The molecule has 0 aliphatic rings. The Bertz CT molecular complexity index is 566. The summed E-state index contributed by atoms with van der Waals surface area (Å²) in [5.41, 5.74) is -1.34. The topological polar surface area (TPSA) is 75.6 Å². The molecule has 0 fully saturated rings. The van der Waals surface area contributed by atoms with E-state index in [9.17, 15) is 19.1 Å². The van der Waals surface area contributed by atoms with Gasteiger partial charge in [-0.05, 0) is 54.4 Å². The summed E-state index contributed by atoms with van der Waals surface area (Å²) in [5.74, 6) is -1.78. The molecule has 0 heterocycles. The number of hydrogen-bond acceptors (Lipinski definition) is 3. The summed E-state index contributed by atoms with van der Waals surface area (Å²) in [7, 11) is 0. The predicted octanol–water partition coefficient (Wildman–Crippen LogP) is 3.12. The number of hydrogen-bond donors (Lipinski definition) is 2. The quantitative estimate of drug-likeness (QED) is 0.767. The second-order valence-corrected chi connectivity index (χ2v) is 6.07. The fourth-order valence-electron chi connectivity index (χ4n) is 1.91. The molecule has 7 heteroatoms. The summed E-state index contributed by atoms with van der Waals surface area (Å²) in [4.78, 5) is 23.4. The molecule has 22 heavy (non-hydrogen) atoms. The van der Waals surface area contributed by atoms with Gasteiger partial charge >= 0.3 is 5.97 Å². The molecular formula is C15H19BrFNO4. The van der Waals surface area contributed by atoms with E-state index >= 15 is 0 Å². The van der Waals surface area contributed by atoms with Gasteiger partial charge in [-0.3, -0.25) is 4.79 Å². The van der Waals surface area contributed by atoms with E-state index in [0.717, 1.165) is 0 Å². The smallest absolute Gasteiger partial charge is 0.329 e. The van der Waals surface area contributed by atoms with E-state index < -0.39 is 29.3 Å². The Morgan fingerprint density at radius 1 is 1.50 bits per heavy atom. The van der Waals surface area contributed by atoms with Crippen LogP contribution in [0.4, 0.5) is 4.39 Å². The van der Waals surface area contributed by atoms with E-state index in [-0.39, 0.29) is 0 Å². The molecule has 0 aliphatic carbocycles. The molecule has 2 N–H and O–H groups in total. The molecule has 0 bridgehead atoms. The molecule has 122 valence electrons. The van der Waals surface area contributed by atoms with Crippen molar-refractivity contribution in [1.29, 1.82) is 0 Å². The fraction of sp³-hybridized carbons (Fsp3) is 0.467. The van der Waals surface area contributed by atoms with Gasteiger partial charge in [0.05, 0.1) is 4.47 Å². The first-order valence-corrected chi connectivity index (χ1v) is 7.66. The summed E-state index contributed by atoms with van der Waals surface area (Å²) in [5, 5.41) is 11.7. The van der Waals surface area contributed by atoms with Gasteiger partial charge in [0, 0.05) is 0 Å². The van der Waals surface area contributed by atoms with Gasteiger partial charge in [0.25, 0.3) is 5.91 Å². The van der Waals surface area contributed by atoms with E-state index in [1.807, 2.05) is 6.92 Å². The Hall–Kier alpha value is -1.63. The third-order valence-corrected chi connectivity index (χ3v) is 3.81. The van der Waals surface area contributed by atoms with Crippen molar-refractivity contribution in [3.63, 3.8) is 0 Å². The van der Waals surface area contributed by atoms with Crippen LogP contribution >= 0.6 is 15.9 Å². The van der Waals surface area contributed by atoms with Crippen molar-refractivity contribution >= 4 is 27.8 Å². The molecule has 1 rings (SSSR count). The average Bonchev–Trinajstić information content (AvgIpc) is 2.41. The SMILES string of the molecule is CCCC(C)(NC(=O)C(C)Oc1ccc(F)cc1Br)C(=O)O. The molecule has 5 nitrogen and oxygen atoms in total. The highest BCUT2D eigenvalue weighted by Crippen LogP contribution is 2.26. The number of carbonyl (C=O) groups excluding carboxylic acids is 1. The highest BCUT2D eigenvalue weighted by molar-refractivity contribution is 9.10. The number of carboxylic acid groups (broad SMARTS) is 1. The minimum atomic E-state index is -1.34. The molecule has 1 amide bonds. The van der Waals surface area contributed by atoms with E-state index in [1.54, 1.807) is 0 Å². The maximum Gasteiger partial charge on any atom is 0.329 e. The third kappa shape index (κ3) is 4.69. The van der Waals surface area contributed by atoms with Crippen molar-refractivity contribution < 1.29 is 23.8 Å². The molecule has 1 aromatic rings. The normalized spacial score (nSPS) is 14.8. The Morgan fingerprint density at radius 3 is 2.64 bits per heavy atom. The van der Waals surface area contributed by atoms with Gasteiger partial charge in [-0.15, -0.1) is 0 Å². The molecule has 0 aromatic heterocycles. The van der Waals surface area contributed by atoms with Crippen molar-refractivity contribution in [2.24, 2.45) is 0 Å². The number of halogens is 2. The van der Waals surface area contributed by atoms with Crippen LogP contribution in [0.15, 0.2) is 22.7 Å². The van der Waals surface area contributed by atoms with Crippen molar-refractivity contribution in [2.45, 2.75) is 45.3 Å². The lowest BCUT2D eigenvalue weighted by molar-refractivity contribution is -0.148. The standard InChI is InChI=1S/C15H19BrFNO4/c1-4-7-15(3,14(20)21)18-13(19)9(2)22-12-6-5-10(17)8-11(12)16/h5-6,8-9H,4,7H2,1-3H3,(H,18,19)(H,20,21). The molecule has 0 radical (unpaired) electrons. The first-order valence-electron chi connectivity index (χ1n) is 6.86. The monoisotopic (exact) mass is 375 g/mol. The zero-order chi connectivity index (χ0) is 16.9. The van der Waals surface area contributed by atoms with Crippen LogP contribution < -0.4 is 10.1 Å². The number of nitrogens with one attached hydrogen (secondary N) is 1. The number of amides is 1. The molecule has 0 aliphatic heterocycles. The number of rotatable bonds is 7. The van der Waals surface area contributed by atoms with Crippen molar-refractivity contribution in [2.75, 3.05) is 0 Å². The van der Waals surface area contributed by atoms with Crippen LogP contribution in [0.3, 0.4) is 0 Å². The van der Waals surface area contributed by atoms with Crippen LogP contribution in [-0.4, -0.2) is 28.6 Å². The van der Waals surface area contributed by atoms with Gasteiger partial charge in [0.15, 0.2) is 6.10 Å². The lowest BCUT2D eigenvalue weighted by Crippen LogP contribution is -2.55. The first kappa shape index (κ1) is 18.4. The molecular weight excluding hydrogens is 357 g/mol. The Morgan fingerprint density at radius 2 is 2.14 bits per heavy atom. The second-order valence-electron chi connectivity index (χ2n) is 5.21. The first-order chi connectivity index (χ1) is 10.2. The maximum absolute atomic E-state index is 13.0. The summed E-state index contributed by atoms with van der Waals surface area (Å²) in [6, 6.07) is 3.83.